The molecule has 6 heteroatoms. The summed E-state index contributed by atoms with van der Waals surface area (Å²) < 4.78 is 0. The molecule has 1 atom stereocenters. The minimum absolute atomic E-state index is 0.122. The first-order valence-corrected chi connectivity index (χ1v) is 9.20. The molecule has 0 fully saturated rings. The van der Waals surface area contributed by atoms with Crippen molar-refractivity contribution in [3.05, 3.63) is 40.4 Å². The van der Waals surface area contributed by atoms with Gasteiger partial charge in [-0.2, -0.15) is 0 Å². The Balaban J connectivity index is 1.55. The molecule has 2 N–H and O–H groups in total. The van der Waals surface area contributed by atoms with Gasteiger partial charge in [0, 0.05) is 17.0 Å². The van der Waals surface area contributed by atoms with Crippen LogP contribution in [0.15, 0.2) is 24.3 Å². The maximum absolute atomic E-state index is 12.7. The number of aryl methyl sites for hydroxylation is 2. The summed E-state index contributed by atoms with van der Waals surface area (Å²) in [4.78, 5) is 30.5. The van der Waals surface area contributed by atoms with E-state index in [1.807, 2.05) is 24.3 Å². The molecule has 2 aliphatic rings. The van der Waals surface area contributed by atoms with E-state index in [0.717, 1.165) is 29.8 Å². The monoisotopic (exact) mass is 341 g/mol. The van der Waals surface area contributed by atoms with Crippen LogP contribution in [0.1, 0.15) is 47.7 Å². The molecule has 5 nitrogen and oxygen atoms in total. The summed E-state index contributed by atoms with van der Waals surface area (Å²) in [7, 11) is 0. The molecule has 1 aliphatic heterocycles. The van der Waals surface area contributed by atoms with Crippen molar-refractivity contribution >= 4 is 34.0 Å². The number of para-hydroxylation sites is 1. The van der Waals surface area contributed by atoms with E-state index in [1.165, 1.54) is 24.1 Å². The van der Waals surface area contributed by atoms with E-state index in [9.17, 15) is 9.59 Å². The highest BCUT2D eigenvalue weighted by Crippen LogP contribution is 2.34. The Hall–Kier alpha value is -2.21. The highest BCUT2D eigenvalue weighted by atomic mass is 32.1. The van der Waals surface area contributed by atoms with Crippen LogP contribution in [0, 0.1) is 0 Å². The molecule has 0 spiro atoms. The zero-order chi connectivity index (χ0) is 16.5. The summed E-state index contributed by atoms with van der Waals surface area (Å²) in [6, 6.07) is 7.48. The molecule has 124 valence electrons. The Kier molecular flexibility index (Phi) is 4.06. The lowest BCUT2D eigenvalue weighted by Gasteiger charge is -2.24. The average molecular weight is 341 g/mol. The van der Waals surface area contributed by atoms with Gasteiger partial charge in [-0.25, -0.2) is 4.98 Å². The van der Waals surface area contributed by atoms with E-state index in [0.29, 0.717) is 5.13 Å². The van der Waals surface area contributed by atoms with E-state index in [-0.39, 0.29) is 18.2 Å². The number of rotatable bonds is 2. The van der Waals surface area contributed by atoms with Crippen molar-refractivity contribution < 1.29 is 9.59 Å². The fourth-order valence-electron chi connectivity index (χ4n) is 3.42. The van der Waals surface area contributed by atoms with Gasteiger partial charge in [-0.1, -0.05) is 24.6 Å². The number of thiazole rings is 1. The smallest absolute Gasteiger partial charge is 0.234 e. The SMILES string of the molecule is O=C1CC(C(=O)Nc2nc3c(s2)CCCCC3)c2ccccc2N1. The zero-order valence-corrected chi connectivity index (χ0v) is 14.1. The Morgan fingerprint density at radius 3 is 2.96 bits per heavy atom. The molecule has 0 saturated heterocycles. The number of nitrogens with zero attached hydrogens (tertiary/aromatic N) is 1. The molecular weight excluding hydrogens is 322 g/mol. The van der Waals surface area contributed by atoms with Gasteiger partial charge in [0.2, 0.25) is 11.8 Å². The number of aromatic nitrogens is 1. The quantitative estimate of drug-likeness (QED) is 0.822. The average Bonchev–Trinajstić information content (AvgIpc) is 2.82. The molecule has 4 rings (SSSR count). The van der Waals surface area contributed by atoms with Gasteiger partial charge in [0.15, 0.2) is 5.13 Å². The van der Waals surface area contributed by atoms with Crippen LogP contribution in [0.2, 0.25) is 0 Å². The van der Waals surface area contributed by atoms with E-state index in [2.05, 4.69) is 15.6 Å². The third-order valence-electron chi connectivity index (χ3n) is 4.64. The van der Waals surface area contributed by atoms with Gasteiger partial charge in [-0.05, 0) is 37.3 Å². The number of fused-ring (bicyclic) bond motifs is 2. The van der Waals surface area contributed by atoms with Crippen molar-refractivity contribution in [3.8, 4) is 0 Å². The number of carbonyl (C=O) groups excluding carboxylic acids is 2. The summed E-state index contributed by atoms with van der Waals surface area (Å²) in [6.07, 6.45) is 5.83. The Bertz CT molecular complexity index is 776. The molecule has 0 bridgehead atoms. The molecule has 1 aliphatic carbocycles. The second-order valence-corrected chi connectivity index (χ2v) is 7.41. The normalized spacial score (nSPS) is 19.7. The number of hydrogen-bond acceptors (Lipinski definition) is 4. The van der Waals surface area contributed by atoms with E-state index < -0.39 is 5.92 Å². The number of hydrogen-bond donors (Lipinski definition) is 2. The molecule has 2 amide bonds. The maximum atomic E-state index is 12.7. The summed E-state index contributed by atoms with van der Waals surface area (Å²) in [5.74, 6) is -0.733. The minimum atomic E-state index is -0.460. The van der Waals surface area contributed by atoms with Gasteiger partial charge >= 0.3 is 0 Å². The molecule has 1 unspecified atom stereocenters. The van der Waals surface area contributed by atoms with Gasteiger partial charge in [0.05, 0.1) is 11.6 Å². The number of amides is 2. The number of carbonyl (C=O) groups is 2. The van der Waals surface area contributed by atoms with Gasteiger partial charge in [0.25, 0.3) is 0 Å². The molecule has 24 heavy (non-hydrogen) atoms. The van der Waals surface area contributed by atoms with Crippen LogP contribution in [-0.4, -0.2) is 16.8 Å². The summed E-state index contributed by atoms with van der Waals surface area (Å²) in [5, 5.41) is 6.42. The lowest BCUT2D eigenvalue weighted by Crippen LogP contribution is -2.30. The van der Waals surface area contributed by atoms with Crippen LogP contribution in [0.5, 0.6) is 0 Å². The van der Waals surface area contributed by atoms with Gasteiger partial charge in [-0.3, -0.25) is 9.59 Å². The number of benzene rings is 1. The number of nitrogens with one attached hydrogen (secondary N) is 2. The lowest BCUT2D eigenvalue weighted by molar-refractivity contribution is -0.123. The first kappa shape index (κ1) is 15.3. The highest BCUT2D eigenvalue weighted by molar-refractivity contribution is 7.15. The second-order valence-electron chi connectivity index (χ2n) is 6.33. The van der Waals surface area contributed by atoms with Crippen molar-refractivity contribution in [1.29, 1.82) is 0 Å². The summed E-state index contributed by atoms with van der Waals surface area (Å²) in [5.41, 5.74) is 2.73. The van der Waals surface area contributed by atoms with Crippen LogP contribution >= 0.6 is 11.3 Å². The molecular formula is C18H19N3O2S. The Morgan fingerprint density at radius 2 is 2.04 bits per heavy atom. The lowest BCUT2D eigenvalue weighted by atomic mass is 9.90. The van der Waals surface area contributed by atoms with E-state index in [4.69, 9.17) is 0 Å². The molecule has 0 radical (unpaired) electrons. The molecule has 2 aromatic rings. The van der Waals surface area contributed by atoms with Crippen LogP contribution < -0.4 is 10.6 Å². The standard InChI is InChI=1S/C18H19N3O2S/c22-16-10-12(11-6-4-5-7-13(11)19-16)17(23)21-18-20-14-8-2-1-3-9-15(14)24-18/h4-7,12H,1-3,8-10H2,(H,19,22)(H,20,21,23). The first-order valence-electron chi connectivity index (χ1n) is 8.39. The van der Waals surface area contributed by atoms with E-state index >= 15 is 0 Å². The predicted octanol–water partition coefficient (Wildman–Crippen LogP) is 3.48. The fraction of sp³-hybridized carbons (Fsp3) is 0.389. The Morgan fingerprint density at radius 1 is 1.21 bits per heavy atom. The van der Waals surface area contributed by atoms with Gasteiger partial charge < -0.3 is 10.6 Å². The van der Waals surface area contributed by atoms with Crippen LogP contribution in [0.3, 0.4) is 0 Å². The Labute approximate surface area is 144 Å². The van der Waals surface area contributed by atoms with Crippen molar-refractivity contribution in [2.45, 2.75) is 44.4 Å². The topological polar surface area (TPSA) is 71.1 Å². The first-order chi connectivity index (χ1) is 11.7. The van der Waals surface area contributed by atoms with Crippen molar-refractivity contribution in [2.24, 2.45) is 0 Å². The highest BCUT2D eigenvalue weighted by Gasteiger charge is 2.31. The third-order valence-corrected chi connectivity index (χ3v) is 5.71. The third kappa shape index (κ3) is 2.94. The van der Waals surface area contributed by atoms with E-state index in [1.54, 1.807) is 11.3 Å². The zero-order valence-electron chi connectivity index (χ0n) is 13.3. The maximum Gasteiger partial charge on any atom is 0.234 e. The molecule has 0 saturated carbocycles. The molecule has 1 aromatic heterocycles. The van der Waals surface area contributed by atoms with Crippen LogP contribution in [0.25, 0.3) is 0 Å². The summed E-state index contributed by atoms with van der Waals surface area (Å²) >= 11 is 1.58. The van der Waals surface area contributed by atoms with Crippen LogP contribution in [0.4, 0.5) is 10.8 Å². The van der Waals surface area contributed by atoms with Crippen LogP contribution in [-0.2, 0) is 22.4 Å². The molecule has 1 aromatic carbocycles. The largest absolute Gasteiger partial charge is 0.326 e. The van der Waals surface area contributed by atoms with Gasteiger partial charge in [-0.15, -0.1) is 11.3 Å². The van der Waals surface area contributed by atoms with Crippen molar-refractivity contribution in [1.82, 2.24) is 4.98 Å². The fourth-order valence-corrected chi connectivity index (χ4v) is 4.47. The van der Waals surface area contributed by atoms with Crippen molar-refractivity contribution in [2.75, 3.05) is 10.6 Å². The van der Waals surface area contributed by atoms with Gasteiger partial charge in [0.1, 0.15) is 0 Å². The predicted molar refractivity (Wildman–Crippen MR) is 94.4 cm³/mol. The number of anilines is 2. The summed E-state index contributed by atoms with van der Waals surface area (Å²) in [6.45, 7) is 0. The molecule has 2 heterocycles. The van der Waals surface area contributed by atoms with Crippen molar-refractivity contribution in [3.63, 3.8) is 0 Å². The minimum Gasteiger partial charge on any atom is -0.326 e. The second kappa shape index (κ2) is 6.36.